The molecule has 2 amide bonds. The first-order chi connectivity index (χ1) is 11.5. The molecule has 1 aliphatic carbocycles. The highest BCUT2D eigenvalue weighted by Crippen LogP contribution is 2.41. The Bertz CT molecular complexity index is 790. The van der Waals surface area contributed by atoms with Crippen LogP contribution in [0.4, 0.5) is 4.79 Å². The SMILES string of the molecule is COC(=O)NC(=O)[C@H](C)Sc1ncnc2sc3c(c12)CC[C@@H](C)C3. The van der Waals surface area contributed by atoms with Gasteiger partial charge >= 0.3 is 6.09 Å². The van der Waals surface area contributed by atoms with Crippen molar-refractivity contribution in [1.82, 2.24) is 15.3 Å². The number of hydrogen-bond acceptors (Lipinski definition) is 7. The molecular formula is C16H19N3O3S2. The summed E-state index contributed by atoms with van der Waals surface area (Å²) in [7, 11) is 1.23. The summed E-state index contributed by atoms with van der Waals surface area (Å²) in [4.78, 5) is 34.4. The van der Waals surface area contributed by atoms with Gasteiger partial charge in [-0.25, -0.2) is 14.8 Å². The van der Waals surface area contributed by atoms with Crippen molar-refractivity contribution < 1.29 is 14.3 Å². The van der Waals surface area contributed by atoms with Crippen LogP contribution < -0.4 is 5.32 Å². The van der Waals surface area contributed by atoms with Crippen LogP contribution in [0, 0.1) is 5.92 Å². The van der Waals surface area contributed by atoms with Crippen molar-refractivity contribution in [3.8, 4) is 0 Å². The molecule has 2 aromatic rings. The topological polar surface area (TPSA) is 81.2 Å². The molecule has 1 N–H and O–H groups in total. The molecule has 0 aliphatic heterocycles. The lowest BCUT2D eigenvalue weighted by atomic mass is 9.89. The fourth-order valence-electron chi connectivity index (χ4n) is 2.81. The summed E-state index contributed by atoms with van der Waals surface area (Å²) in [5.41, 5.74) is 1.33. The zero-order valence-corrected chi connectivity index (χ0v) is 15.4. The molecule has 0 unspecified atom stereocenters. The number of thiophene rings is 1. The number of amides is 2. The van der Waals surface area contributed by atoms with Gasteiger partial charge in [0.25, 0.3) is 0 Å². The largest absolute Gasteiger partial charge is 0.453 e. The Morgan fingerprint density at radius 3 is 3.00 bits per heavy atom. The molecule has 0 aromatic carbocycles. The van der Waals surface area contributed by atoms with Crippen molar-refractivity contribution in [3.63, 3.8) is 0 Å². The number of alkyl carbamates (subject to hydrolysis) is 1. The van der Waals surface area contributed by atoms with E-state index >= 15 is 0 Å². The molecule has 24 heavy (non-hydrogen) atoms. The molecular weight excluding hydrogens is 346 g/mol. The molecule has 2 atom stereocenters. The lowest BCUT2D eigenvalue weighted by Crippen LogP contribution is -2.35. The van der Waals surface area contributed by atoms with Gasteiger partial charge in [0.15, 0.2) is 0 Å². The first kappa shape index (κ1) is 17.2. The lowest BCUT2D eigenvalue weighted by Gasteiger charge is -2.18. The van der Waals surface area contributed by atoms with Crippen LogP contribution in [0.3, 0.4) is 0 Å². The van der Waals surface area contributed by atoms with E-state index in [1.165, 1.54) is 29.3 Å². The highest BCUT2D eigenvalue weighted by molar-refractivity contribution is 8.00. The molecule has 0 bridgehead atoms. The number of carbonyl (C=O) groups is 2. The maximum absolute atomic E-state index is 12.0. The number of rotatable bonds is 3. The standard InChI is InChI=1S/C16H19N3O3S2/c1-8-4-5-10-11(6-8)24-15-12(10)14(17-7-18-15)23-9(2)13(20)19-16(21)22-3/h7-9H,4-6H2,1-3H3,(H,19,20,21)/t8-,9+/m1/s1. The second kappa shape index (κ2) is 7.06. The lowest BCUT2D eigenvalue weighted by molar-refractivity contribution is -0.119. The summed E-state index contributed by atoms with van der Waals surface area (Å²) in [6.07, 6.45) is 4.07. The van der Waals surface area contributed by atoms with Crippen LogP contribution in [0.1, 0.15) is 30.7 Å². The van der Waals surface area contributed by atoms with Gasteiger partial charge in [0.2, 0.25) is 5.91 Å². The Labute approximate surface area is 148 Å². The van der Waals surface area contributed by atoms with E-state index in [0.717, 1.165) is 34.5 Å². The normalized spacial score (nSPS) is 18.0. The van der Waals surface area contributed by atoms with Crippen LogP contribution in [-0.4, -0.2) is 34.3 Å². The molecule has 0 spiro atoms. The molecule has 0 radical (unpaired) electrons. The molecule has 2 aromatic heterocycles. The first-order valence-electron chi connectivity index (χ1n) is 7.80. The summed E-state index contributed by atoms with van der Waals surface area (Å²) in [6, 6.07) is 0. The van der Waals surface area contributed by atoms with E-state index in [9.17, 15) is 9.59 Å². The molecule has 6 nitrogen and oxygen atoms in total. The van der Waals surface area contributed by atoms with Crippen LogP contribution in [0.15, 0.2) is 11.4 Å². The first-order valence-corrected chi connectivity index (χ1v) is 9.50. The van der Waals surface area contributed by atoms with E-state index in [1.807, 2.05) is 0 Å². The zero-order chi connectivity index (χ0) is 17.3. The number of methoxy groups -OCH3 is 1. The van der Waals surface area contributed by atoms with E-state index in [2.05, 4.69) is 26.9 Å². The fraction of sp³-hybridized carbons (Fsp3) is 0.500. The molecule has 0 saturated carbocycles. The minimum absolute atomic E-state index is 0.392. The fourth-order valence-corrected chi connectivity index (χ4v) is 5.17. The number of aromatic nitrogens is 2. The van der Waals surface area contributed by atoms with Gasteiger partial charge in [0.1, 0.15) is 16.2 Å². The summed E-state index contributed by atoms with van der Waals surface area (Å²) in [5.74, 6) is 0.302. The summed E-state index contributed by atoms with van der Waals surface area (Å²) in [5, 5.41) is 3.62. The Balaban J connectivity index is 1.87. The molecule has 8 heteroatoms. The Morgan fingerprint density at radius 2 is 2.25 bits per heavy atom. The van der Waals surface area contributed by atoms with Crippen LogP contribution in [0.25, 0.3) is 10.2 Å². The number of aryl methyl sites for hydroxylation is 1. The third-order valence-corrected chi connectivity index (χ3v) is 6.39. The number of hydrogen-bond donors (Lipinski definition) is 1. The molecule has 1 aliphatic rings. The maximum atomic E-state index is 12.0. The van der Waals surface area contributed by atoms with Gasteiger partial charge in [-0.1, -0.05) is 18.7 Å². The maximum Gasteiger partial charge on any atom is 0.413 e. The monoisotopic (exact) mass is 365 g/mol. The third-order valence-electron chi connectivity index (χ3n) is 4.13. The second-order valence-corrected chi connectivity index (χ2v) is 8.36. The summed E-state index contributed by atoms with van der Waals surface area (Å²) in [6.45, 7) is 4.02. The van der Waals surface area contributed by atoms with Gasteiger partial charge in [0, 0.05) is 10.3 Å². The number of nitrogens with zero attached hydrogens (tertiary/aromatic N) is 2. The van der Waals surface area contributed by atoms with Gasteiger partial charge in [-0.3, -0.25) is 10.1 Å². The van der Waals surface area contributed by atoms with Gasteiger partial charge in [-0.15, -0.1) is 11.3 Å². The minimum atomic E-state index is -0.748. The summed E-state index contributed by atoms with van der Waals surface area (Å²) < 4.78 is 4.46. The van der Waals surface area contributed by atoms with Gasteiger partial charge in [-0.2, -0.15) is 0 Å². The average Bonchev–Trinajstić information content (AvgIpc) is 2.92. The Hall–Kier alpha value is -1.67. The number of thioether (sulfide) groups is 1. The third kappa shape index (κ3) is 3.39. The van der Waals surface area contributed by atoms with Gasteiger partial charge in [-0.05, 0) is 37.7 Å². The number of fused-ring (bicyclic) bond motifs is 3. The molecule has 2 heterocycles. The van der Waals surface area contributed by atoms with Crippen LogP contribution in [0.2, 0.25) is 0 Å². The van der Waals surface area contributed by atoms with Crippen molar-refractivity contribution in [2.24, 2.45) is 5.92 Å². The minimum Gasteiger partial charge on any atom is -0.453 e. The van der Waals surface area contributed by atoms with Crippen LogP contribution in [0.5, 0.6) is 0 Å². The van der Waals surface area contributed by atoms with Crippen molar-refractivity contribution >= 4 is 45.3 Å². The highest BCUT2D eigenvalue weighted by Gasteiger charge is 2.25. The predicted molar refractivity (Wildman–Crippen MR) is 94.5 cm³/mol. The number of ether oxygens (including phenoxy) is 1. The van der Waals surface area contributed by atoms with E-state index in [0.29, 0.717) is 5.92 Å². The van der Waals surface area contributed by atoms with Crippen molar-refractivity contribution in [2.75, 3.05) is 7.11 Å². The van der Waals surface area contributed by atoms with Crippen molar-refractivity contribution in [1.29, 1.82) is 0 Å². The molecule has 0 fully saturated rings. The predicted octanol–water partition coefficient (Wildman–Crippen LogP) is 3.18. The average molecular weight is 365 g/mol. The second-order valence-electron chi connectivity index (χ2n) is 5.95. The smallest absolute Gasteiger partial charge is 0.413 e. The number of imide groups is 1. The van der Waals surface area contributed by atoms with E-state index in [1.54, 1.807) is 24.6 Å². The van der Waals surface area contributed by atoms with E-state index in [-0.39, 0.29) is 0 Å². The van der Waals surface area contributed by atoms with Crippen LogP contribution in [-0.2, 0) is 22.4 Å². The van der Waals surface area contributed by atoms with Crippen molar-refractivity contribution in [3.05, 3.63) is 16.8 Å². The van der Waals surface area contributed by atoms with Crippen LogP contribution >= 0.6 is 23.1 Å². The zero-order valence-electron chi connectivity index (χ0n) is 13.8. The quantitative estimate of drug-likeness (QED) is 0.665. The molecule has 3 rings (SSSR count). The van der Waals surface area contributed by atoms with Gasteiger partial charge in [0.05, 0.1) is 12.4 Å². The molecule has 128 valence electrons. The summed E-state index contributed by atoms with van der Waals surface area (Å²) >= 11 is 3.08. The number of nitrogens with one attached hydrogen (secondary N) is 1. The van der Waals surface area contributed by atoms with Gasteiger partial charge < -0.3 is 4.74 Å². The van der Waals surface area contributed by atoms with E-state index < -0.39 is 17.3 Å². The van der Waals surface area contributed by atoms with E-state index in [4.69, 9.17) is 0 Å². The highest BCUT2D eigenvalue weighted by atomic mass is 32.2. The number of carbonyl (C=O) groups excluding carboxylic acids is 2. The molecule has 0 saturated heterocycles. The Kier molecular flexibility index (Phi) is 5.05. The van der Waals surface area contributed by atoms with Crippen molar-refractivity contribution in [2.45, 2.75) is 43.4 Å². The Morgan fingerprint density at radius 1 is 1.46 bits per heavy atom.